The molecular weight excluding hydrogens is 290 g/mol. The van der Waals surface area contributed by atoms with Crippen molar-refractivity contribution in [1.29, 1.82) is 0 Å². The Morgan fingerprint density at radius 1 is 1.13 bits per heavy atom. The Morgan fingerprint density at radius 3 is 2.52 bits per heavy atom. The number of carbonyl (C=O) groups excluding carboxylic acids is 1. The predicted octanol–water partition coefficient (Wildman–Crippen LogP) is 2.90. The third-order valence-corrected chi connectivity index (χ3v) is 6.18. The molecule has 0 unspecified atom stereocenters. The van der Waals surface area contributed by atoms with Crippen LogP contribution in [-0.4, -0.2) is 25.8 Å². The van der Waals surface area contributed by atoms with Crippen LogP contribution < -0.4 is 5.32 Å². The predicted molar refractivity (Wildman–Crippen MR) is 85.5 cm³/mol. The lowest BCUT2D eigenvalue weighted by Crippen LogP contribution is -2.47. The standard InChI is InChI=1S/C17H21N5O/c23-13(22-16-14-15(19-8-18-14)20-9-21-16)7-17-4-10-1-11(5-17)3-12(2-10)6-17/h8-12H,1-7H2,(H2,18,19,20,21,22,23). The summed E-state index contributed by atoms with van der Waals surface area (Å²) < 4.78 is 0. The molecule has 120 valence electrons. The molecule has 4 bridgehead atoms. The van der Waals surface area contributed by atoms with E-state index < -0.39 is 0 Å². The van der Waals surface area contributed by atoms with E-state index in [1.807, 2.05) is 0 Å². The van der Waals surface area contributed by atoms with Crippen molar-refractivity contribution in [3.05, 3.63) is 12.7 Å². The summed E-state index contributed by atoms with van der Waals surface area (Å²) in [5.74, 6) is 3.20. The summed E-state index contributed by atoms with van der Waals surface area (Å²) in [6.45, 7) is 0. The van der Waals surface area contributed by atoms with E-state index in [0.29, 0.717) is 23.4 Å². The molecule has 2 heterocycles. The maximum absolute atomic E-state index is 12.7. The summed E-state index contributed by atoms with van der Waals surface area (Å²) in [6.07, 6.45) is 11.6. The summed E-state index contributed by atoms with van der Waals surface area (Å²) in [5.41, 5.74) is 1.53. The summed E-state index contributed by atoms with van der Waals surface area (Å²) in [5, 5.41) is 2.97. The fourth-order valence-corrected chi connectivity index (χ4v) is 5.88. The summed E-state index contributed by atoms with van der Waals surface area (Å²) >= 11 is 0. The molecule has 6 nitrogen and oxygen atoms in total. The Kier molecular flexibility index (Phi) is 2.78. The molecular formula is C17H21N5O. The third kappa shape index (κ3) is 2.23. The average molecular weight is 311 g/mol. The maximum Gasteiger partial charge on any atom is 0.226 e. The van der Waals surface area contributed by atoms with Gasteiger partial charge >= 0.3 is 0 Å². The number of fused-ring (bicyclic) bond motifs is 1. The molecule has 0 atom stereocenters. The Labute approximate surface area is 134 Å². The highest BCUT2D eigenvalue weighted by Gasteiger charge is 2.51. The number of imidazole rings is 1. The first-order chi connectivity index (χ1) is 11.2. The number of aromatic nitrogens is 4. The number of H-pyrrole nitrogens is 1. The second-order valence-corrected chi connectivity index (χ2v) is 7.96. The number of nitrogens with zero attached hydrogens (tertiary/aromatic N) is 3. The monoisotopic (exact) mass is 311 g/mol. The number of carbonyl (C=O) groups is 1. The van der Waals surface area contributed by atoms with E-state index in [1.165, 1.54) is 44.9 Å². The van der Waals surface area contributed by atoms with E-state index in [0.717, 1.165) is 17.8 Å². The van der Waals surface area contributed by atoms with E-state index in [1.54, 1.807) is 6.33 Å². The lowest BCUT2D eigenvalue weighted by molar-refractivity contribution is -0.124. The highest BCUT2D eigenvalue weighted by atomic mass is 16.1. The number of anilines is 1. The first-order valence-electron chi connectivity index (χ1n) is 8.63. The zero-order valence-electron chi connectivity index (χ0n) is 13.1. The summed E-state index contributed by atoms with van der Waals surface area (Å²) in [6, 6.07) is 0. The number of rotatable bonds is 3. The molecule has 4 fully saturated rings. The minimum Gasteiger partial charge on any atom is -0.329 e. The first kappa shape index (κ1) is 13.5. The van der Waals surface area contributed by atoms with Gasteiger partial charge in [0.25, 0.3) is 0 Å². The maximum atomic E-state index is 12.7. The van der Waals surface area contributed by atoms with Gasteiger partial charge < -0.3 is 10.3 Å². The van der Waals surface area contributed by atoms with Crippen LogP contribution in [0.5, 0.6) is 0 Å². The Balaban J connectivity index is 1.35. The van der Waals surface area contributed by atoms with Gasteiger partial charge in [-0.1, -0.05) is 0 Å². The molecule has 2 aromatic rings. The molecule has 23 heavy (non-hydrogen) atoms. The normalized spacial score (nSPS) is 34.9. The lowest BCUT2D eigenvalue weighted by atomic mass is 9.49. The topological polar surface area (TPSA) is 83.6 Å². The average Bonchev–Trinajstić information content (AvgIpc) is 2.94. The molecule has 4 aliphatic carbocycles. The smallest absolute Gasteiger partial charge is 0.226 e. The van der Waals surface area contributed by atoms with Crippen LogP contribution in [0.25, 0.3) is 11.2 Å². The Morgan fingerprint density at radius 2 is 1.83 bits per heavy atom. The van der Waals surface area contributed by atoms with Gasteiger partial charge in [0.2, 0.25) is 5.91 Å². The summed E-state index contributed by atoms with van der Waals surface area (Å²) in [4.78, 5) is 28.1. The minimum atomic E-state index is 0.0787. The molecule has 2 N–H and O–H groups in total. The van der Waals surface area contributed by atoms with Crippen LogP contribution in [0, 0.1) is 23.2 Å². The SMILES string of the molecule is O=C(CC12CC3CC(CC(C3)C1)C2)Nc1ncnc2[nH]cnc12. The van der Waals surface area contributed by atoms with Gasteiger partial charge in [-0.25, -0.2) is 15.0 Å². The van der Waals surface area contributed by atoms with E-state index in [-0.39, 0.29) is 11.3 Å². The van der Waals surface area contributed by atoms with Gasteiger partial charge in [0.1, 0.15) is 6.33 Å². The number of nitrogens with one attached hydrogen (secondary N) is 2. The van der Waals surface area contributed by atoms with E-state index in [4.69, 9.17) is 0 Å². The highest BCUT2D eigenvalue weighted by molar-refractivity contribution is 5.96. The largest absolute Gasteiger partial charge is 0.329 e. The van der Waals surface area contributed by atoms with E-state index in [2.05, 4.69) is 25.3 Å². The van der Waals surface area contributed by atoms with Crippen molar-refractivity contribution in [2.75, 3.05) is 5.32 Å². The van der Waals surface area contributed by atoms with Crippen LogP contribution in [0.1, 0.15) is 44.9 Å². The fourth-order valence-electron chi connectivity index (χ4n) is 5.88. The van der Waals surface area contributed by atoms with Crippen molar-refractivity contribution in [3.8, 4) is 0 Å². The fraction of sp³-hybridized carbons (Fsp3) is 0.647. The lowest BCUT2D eigenvalue weighted by Gasteiger charge is -2.56. The van der Waals surface area contributed by atoms with Crippen LogP contribution in [0.3, 0.4) is 0 Å². The molecule has 1 amide bonds. The highest BCUT2D eigenvalue weighted by Crippen LogP contribution is 2.61. The van der Waals surface area contributed by atoms with Crippen LogP contribution in [0.2, 0.25) is 0 Å². The van der Waals surface area contributed by atoms with Gasteiger partial charge in [-0.15, -0.1) is 0 Å². The van der Waals surface area contributed by atoms with Crippen LogP contribution in [0.4, 0.5) is 5.82 Å². The molecule has 0 spiro atoms. The van der Waals surface area contributed by atoms with Crippen molar-refractivity contribution < 1.29 is 4.79 Å². The van der Waals surface area contributed by atoms with Gasteiger partial charge in [0, 0.05) is 6.42 Å². The zero-order valence-corrected chi connectivity index (χ0v) is 13.1. The summed E-state index contributed by atoms with van der Waals surface area (Å²) in [7, 11) is 0. The number of hydrogen-bond acceptors (Lipinski definition) is 4. The zero-order chi connectivity index (χ0) is 15.4. The number of aromatic amines is 1. The Bertz CT molecular complexity index is 732. The van der Waals surface area contributed by atoms with E-state index >= 15 is 0 Å². The van der Waals surface area contributed by atoms with Crippen molar-refractivity contribution >= 4 is 22.9 Å². The number of amides is 1. The third-order valence-electron chi connectivity index (χ3n) is 6.18. The molecule has 0 aromatic carbocycles. The molecule has 0 aliphatic heterocycles. The second-order valence-electron chi connectivity index (χ2n) is 7.96. The first-order valence-corrected chi connectivity index (χ1v) is 8.63. The van der Waals surface area contributed by atoms with Crippen molar-refractivity contribution in [2.24, 2.45) is 23.2 Å². The molecule has 4 aliphatic rings. The van der Waals surface area contributed by atoms with E-state index in [9.17, 15) is 4.79 Å². The second kappa shape index (κ2) is 4.76. The molecule has 2 aromatic heterocycles. The van der Waals surface area contributed by atoms with Crippen LogP contribution >= 0.6 is 0 Å². The molecule has 0 saturated heterocycles. The van der Waals surface area contributed by atoms with Gasteiger partial charge in [0.15, 0.2) is 17.0 Å². The minimum absolute atomic E-state index is 0.0787. The number of hydrogen-bond donors (Lipinski definition) is 2. The molecule has 6 heteroatoms. The van der Waals surface area contributed by atoms with Gasteiger partial charge in [-0.3, -0.25) is 4.79 Å². The molecule has 0 radical (unpaired) electrons. The molecule has 6 rings (SSSR count). The quantitative estimate of drug-likeness (QED) is 0.913. The van der Waals surface area contributed by atoms with Gasteiger partial charge in [0.05, 0.1) is 6.33 Å². The van der Waals surface area contributed by atoms with Crippen molar-refractivity contribution in [3.63, 3.8) is 0 Å². The van der Waals surface area contributed by atoms with Gasteiger partial charge in [-0.05, 0) is 61.7 Å². The van der Waals surface area contributed by atoms with Crippen LogP contribution in [-0.2, 0) is 4.79 Å². The van der Waals surface area contributed by atoms with Crippen LogP contribution in [0.15, 0.2) is 12.7 Å². The van der Waals surface area contributed by atoms with Crippen molar-refractivity contribution in [2.45, 2.75) is 44.9 Å². The molecule has 4 saturated carbocycles. The Hall–Kier alpha value is -1.98. The van der Waals surface area contributed by atoms with Crippen molar-refractivity contribution in [1.82, 2.24) is 19.9 Å². The van der Waals surface area contributed by atoms with Gasteiger partial charge in [-0.2, -0.15) is 0 Å².